The van der Waals surface area contributed by atoms with Crippen LogP contribution in [-0.2, 0) is 11.2 Å². The van der Waals surface area contributed by atoms with Gasteiger partial charge in [-0.25, -0.2) is 4.98 Å². The smallest absolute Gasteiger partial charge is 0.129 e. The van der Waals surface area contributed by atoms with Gasteiger partial charge in [0, 0.05) is 26.0 Å². The first-order valence-electron chi connectivity index (χ1n) is 6.15. The average molecular weight is 220 g/mol. The van der Waals surface area contributed by atoms with Crippen LogP contribution in [0, 0.1) is 5.92 Å². The quantitative estimate of drug-likeness (QED) is 0.846. The molecule has 0 saturated carbocycles. The molecule has 88 valence electrons. The van der Waals surface area contributed by atoms with Gasteiger partial charge in [0.15, 0.2) is 0 Å². The second-order valence-electron chi connectivity index (χ2n) is 4.30. The fourth-order valence-electron chi connectivity index (χ4n) is 2.07. The minimum absolute atomic E-state index is 0.737. The Bertz CT molecular complexity index is 321. The number of aryl methyl sites for hydroxylation is 1. The molecule has 0 aliphatic carbocycles. The third-order valence-electron chi connectivity index (χ3n) is 3.17. The lowest BCUT2D eigenvalue weighted by Gasteiger charge is -2.22. The van der Waals surface area contributed by atoms with Crippen LogP contribution in [0.3, 0.4) is 0 Å². The molecule has 0 atom stereocenters. The molecule has 2 rings (SSSR count). The Kier molecular flexibility index (Phi) is 4.17. The highest BCUT2D eigenvalue weighted by Crippen LogP contribution is 2.17. The van der Waals surface area contributed by atoms with Crippen molar-refractivity contribution in [2.75, 3.05) is 25.1 Å². The molecule has 16 heavy (non-hydrogen) atoms. The standard InChI is InChI=1S/C13H20N2O/c1-2-12-4-3-7-14-13(12)15-10-11-5-8-16-9-6-11/h3-4,7,11H,2,5-6,8-10H2,1H3,(H,14,15). The van der Waals surface area contributed by atoms with Crippen molar-refractivity contribution in [3.8, 4) is 0 Å². The molecule has 1 fully saturated rings. The maximum atomic E-state index is 5.35. The van der Waals surface area contributed by atoms with E-state index in [-0.39, 0.29) is 0 Å². The van der Waals surface area contributed by atoms with Crippen LogP contribution in [0.5, 0.6) is 0 Å². The number of ether oxygens (including phenoxy) is 1. The Morgan fingerprint density at radius 1 is 1.44 bits per heavy atom. The van der Waals surface area contributed by atoms with Crippen molar-refractivity contribution >= 4 is 5.82 Å². The van der Waals surface area contributed by atoms with Crippen molar-refractivity contribution in [1.29, 1.82) is 0 Å². The van der Waals surface area contributed by atoms with Crippen molar-refractivity contribution in [1.82, 2.24) is 4.98 Å². The van der Waals surface area contributed by atoms with Gasteiger partial charge < -0.3 is 10.1 Å². The molecule has 1 aliphatic rings. The topological polar surface area (TPSA) is 34.2 Å². The maximum absolute atomic E-state index is 5.35. The van der Waals surface area contributed by atoms with Gasteiger partial charge in [-0.15, -0.1) is 0 Å². The number of nitrogens with zero attached hydrogens (tertiary/aromatic N) is 1. The molecule has 3 nitrogen and oxygen atoms in total. The molecule has 0 amide bonds. The Hall–Kier alpha value is -1.09. The van der Waals surface area contributed by atoms with Crippen LogP contribution in [0.1, 0.15) is 25.3 Å². The summed E-state index contributed by atoms with van der Waals surface area (Å²) in [6.45, 7) is 5.01. The van der Waals surface area contributed by atoms with E-state index in [0.29, 0.717) is 0 Å². The van der Waals surface area contributed by atoms with Crippen molar-refractivity contribution in [2.24, 2.45) is 5.92 Å². The minimum Gasteiger partial charge on any atom is -0.381 e. The highest BCUT2D eigenvalue weighted by molar-refractivity contribution is 5.43. The summed E-state index contributed by atoms with van der Waals surface area (Å²) in [7, 11) is 0. The number of nitrogens with one attached hydrogen (secondary N) is 1. The zero-order valence-corrected chi connectivity index (χ0v) is 9.91. The van der Waals surface area contributed by atoms with Gasteiger partial charge in [0.2, 0.25) is 0 Å². The van der Waals surface area contributed by atoms with Gasteiger partial charge in [-0.05, 0) is 36.8 Å². The Morgan fingerprint density at radius 3 is 3.00 bits per heavy atom. The molecule has 0 radical (unpaired) electrons. The predicted molar refractivity (Wildman–Crippen MR) is 65.6 cm³/mol. The van der Waals surface area contributed by atoms with E-state index in [1.54, 1.807) is 0 Å². The average Bonchev–Trinajstić information content (AvgIpc) is 2.38. The van der Waals surface area contributed by atoms with E-state index < -0.39 is 0 Å². The zero-order chi connectivity index (χ0) is 11.2. The number of hydrogen-bond acceptors (Lipinski definition) is 3. The molecule has 0 spiro atoms. The summed E-state index contributed by atoms with van der Waals surface area (Å²) in [4.78, 5) is 4.39. The summed E-state index contributed by atoms with van der Waals surface area (Å²) in [5.41, 5.74) is 1.30. The van der Waals surface area contributed by atoms with Crippen LogP contribution >= 0.6 is 0 Å². The van der Waals surface area contributed by atoms with Crippen LogP contribution in [0.4, 0.5) is 5.82 Å². The van der Waals surface area contributed by atoms with Gasteiger partial charge in [0.1, 0.15) is 5.82 Å². The third-order valence-corrected chi connectivity index (χ3v) is 3.17. The van der Waals surface area contributed by atoms with Crippen molar-refractivity contribution in [2.45, 2.75) is 26.2 Å². The number of aromatic nitrogens is 1. The summed E-state index contributed by atoms with van der Waals surface area (Å²) in [5.74, 6) is 1.79. The zero-order valence-electron chi connectivity index (χ0n) is 9.91. The van der Waals surface area contributed by atoms with Crippen LogP contribution in [-0.4, -0.2) is 24.7 Å². The minimum atomic E-state index is 0.737. The molecule has 2 heterocycles. The summed E-state index contributed by atoms with van der Waals surface area (Å²) in [5, 5.41) is 3.47. The van der Waals surface area contributed by atoms with Crippen LogP contribution in [0.15, 0.2) is 18.3 Å². The van der Waals surface area contributed by atoms with E-state index in [1.807, 2.05) is 12.3 Å². The fourth-order valence-corrected chi connectivity index (χ4v) is 2.07. The van der Waals surface area contributed by atoms with Crippen LogP contribution in [0.25, 0.3) is 0 Å². The van der Waals surface area contributed by atoms with Gasteiger partial charge in [0.25, 0.3) is 0 Å². The highest BCUT2D eigenvalue weighted by atomic mass is 16.5. The Labute approximate surface area is 97.2 Å². The van der Waals surface area contributed by atoms with E-state index in [1.165, 1.54) is 18.4 Å². The molecule has 3 heteroatoms. The van der Waals surface area contributed by atoms with E-state index >= 15 is 0 Å². The Balaban J connectivity index is 1.88. The predicted octanol–water partition coefficient (Wildman–Crippen LogP) is 2.48. The van der Waals surface area contributed by atoms with Crippen LogP contribution in [0.2, 0.25) is 0 Å². The van der Waals surface area contributed by atoms with Gasteiger partial charge in [-0.1, -0.05) is 13.0 Å². The summed E-state index contributed by atoms with van der Waals surface area (Å²) in [6, 6.07) is 4.14. The lowest BCUT2D eigenvalue weighted by atomic mass is 10.0. The molecule has 0 bridgehead atoms. The number of anilines is 1. The molecule has 1 saturated heterocycles. The van der Waals surface area contributed by atoms with Gasteiger partial charge in [0.05, 0.1) is 0 Å². The number of hydrogen-bond donors (Lipinski definition) is 1. The maximum Gasteiger partial charge on any atom is 0.129 e. The van der Waals surface area contributed by atoms with Gasteiger partial charge in [-0.2, -0.15) is 0 Å². The molecule has 1 aromatic rings. The van der Waals surface area contributed by atoms with Crippen molar-refractivity contribution < 1.29 is 4.74 Å². The van der Waals surface area contributed by atoms with E-state index in [4.69, 9.17) is 4.74 Å². The molecule has 1 aliphatic heterocycles. The largest absolute Gasteiger partial charge is 0.381 e. The summed E-state index contributed by atoms with van der Waals surface area (Å²) < 4.78 is 5.35. The fraction of sp³-hybridized carbons (Fsp3) is 0.615. The Morgan fingerprint density at radius 2 is 2.25 bits per heavy atom. The SMILES string of the molecule is CCc1cccnc1NCC1CCOCC1. The second-order valence-corrected chi connectivity index (χ2v) is 4.30. The van der Waals surface area contributed by atoms with Crippen LogP contribution < -0.4 is 5.32 Å². The first-order valence-corrected chi connectivity index (χ1v) is 6.15. The van der Waals surface area contributed by atoms with E-state index in [2.05, 4.69) is 23.3 Å². The normalized spacial score (nSPS) is 17.3. The molecule has 1 aromatic heterocycles. The van der Waals surface area contributed by atoms with E-state index in [0.717, 1.165) is 37.9 Å². The summed E-state index contributed by atoms with van der Waals surface area (Å²) in [6.07, 6.45) is 5.22. The third kappa shape index (κ3) is 2.95. The van der Waals surface area contributed by atoms with E-state index in [9.17, 15) is 0 Å². The van der Waals surface area contributed by atoms with Gasteiger partial charge >= 0.3 is 0 Å². The lowest BCUT2D eigenvalue weighted by Crippen LogP contribution is -2.23. The number of pyridine rings is 1. The molecule has 0 aromatic carbocycles. The molecule has 1 N–H and O–H groups in total. The lowest BCUT2D eigenvalue weighted by molar-refractivity contribution is 0.0699. The summed E-state index contributed by atoms with van der Waals surface area (Å²) >= 11 is 0. The molecular weight excluding hydrogens is 200 g/mol. The first kappa shape index (κ1) is 11.4. The second kappa shape index (κ2) is 5.85. The first-order chi connectivity index (χ1) is 7.90. The van der Waals surface area contributed by atoms with Crippen molar-refractivity contribution in [3.05, 3.63) is 23.9 Å². The molecular formula is C13H20N2O. The van der Waals surface area contributed by atoms with Crippen molar-refractivity contribution in [3.63, 3.8) is 0 Å². The monoisotopic (exact) mass is 220 g/mol. The molecule has 0 unspecified atom stereocenters. The highest BCUT2D eigenvalue weighted by Gasteiger charge is 2.13. The number of rotatable bonds is 4. The van der Waals surface area contributed by atoms with Gasteiger partial charge in [-0.3, -0.25) is 0 Å².